The van der Waals surface area contributed by atoms with Crippen molar-refractivity contribution in [3.05, 3.63) is 0 Å². The van der Waals surface area contributed by atoms with Crippen molar-refractivity contribution in [3.8, 4) is 0 Å². The maximum Gasteiger partial charge on any atom is 0.416 e. The summed E-state index contributed by atoms with van der Waals surface area (Å²) >= 11 is 0. The lowest BCUT2D eigenvalue weighted by Crippen LogP contribution is -2.64. The van der Waals surface area contributed by atoms with Crippen LogP contribution in [-0.4, -0.2) is 38.5 Å². The predicted octanol–water partition coefficient (Wildman–Crippen LogP) is 0.786. The molecule has 6 heteroatoms. The van der Waals surface area contributed by atoms with Gasteiger partial charge in [0.1, 0.15) is 0 Å². The number of nitrogens with one attached hydrogen (secondary N) is 1. The normalized spacial score (nSPS) is 13.5. The van der Waals surface area contributed by atoms with Crippen molar-refractivity contribution >= 4 is 17.2 Å². The van der Waals surface area contributed by atoms with E-state index in [-0.39, 0.29) is 0 Å². The Bertz CT molecular complexity index is 139. The molecule has 0 fully saturated rings. The minimum atomic E-state index is -2.17. The quantitative estimate of drug-likeness (QED) is 0.680. The first kappa shape index (κ1) is 12.3. The second-order valence-corrected chi connectivity index (χ2v) is 10.3. The average molecular weight is 209 g/mol. The molecular weight excluding hydrogens is 190 g/mol. The van der Waals surface area contributed by atoms with E-state index in [4.69, 9.17) is 13.3 Å². The van der Waals surface area contributed by atoms with Gasteiger partial charge in [0, 0.05) is 21.3 Å². The van der Waals surface area contributed by atoms with Crippen molar-refractivity contribution in [3.63, 3.8) is 0 Å². The Morgan fingerprint density at radius 3 is 1.50 bits per heavy atom. The van der Waals surface area contributed by atoms with Gasteiger partial charge in [0.2, 0.25) is 0 Å². The Hall–Kier alpha value is 0.274. The third-order valence-electron chi connectivity index (χ3n) is 1.82. The summed E-state index contributed by atoms with van der Waals surface area (Å²) in [6.07, 6.45) is 0. The molecule has 0 aliphatic heterocycles. The molecule has 12 heavy (non-hydrogen) atoms. The average Bonchev–Trinajstić information content (AvgIpc) is 2.04. The molecule has 74 valence electrons. The zero-order chi connectivity index (χ0) is 9.83. The molecule has 0 unspecified atom stereocenters. The molecule has 0 amide bonds. The molecule has 0 aromatic rings. The first-order valence-corrected chi connectivity index (χ1v) is 9.06. The lowest BCUT2D eigenvalue weighted by molar-refractivity contribution is 0.240. The van der Waals surface area contributed by atoms with Crippen molar-refractivity contribution in [2.45, 2.75) is 19.6 Å². The van der Waals surface area contributed by atoms with Gasteiger partial charge in [-0.25, -0.2) is 0 Å². The molecule has 0 atom stereocenters. The summed E-state index contributed by atoms with van der Waals surface area (Å²) in [4.78, 5) is 0. The fourth-order valence-corrected chi connectivity index (χ4v) is 6.55. The van der Waals surface area contributed by atoms with Crippen LogP contribution in [0.15, 0.2) is 0 Å². The van der Waals surface area contributed by atoms with Crippen molar-refractivity contribution < 1.29 is 13.3 Å². The van der Waals surface area contributed by atoms with E-state index in [1.807, 2.05) is 6.55 Å². The molecule has 0 spiro atoms. The highest BCUT2D eigenvalue weighted by atomic mass is 28.4. The number of rotatable bonds is 5. The van der Waals surface area contributed by atoms with Crippen LogP contribution in [0.25, 0.3) is 0 Å². The first-order chi connectivity index (χ1) is 5.39. The fraction of sp³-hybridized carbons (Fsp3) is 1.00. The highest BCUT2D eigenvalue weighted by Crippen LogP contribution is 2.06. The molecule has 0 rings (SSSR count). The zero-order valence-electron chi connectivity index (χ0n) is 8.72. The molecule has 0 radical (unpaired) electrons. The minimum Gasteiger partial charge on any atom is -0.407 e. The van der Waals surface area contributed by atoms with Crippen LogP contribution < -0.4 is 4.65 Å². The zero-order valence-corrected chi connectivity index (χ0v) is 10.7. The molecule has 0 aromatic carbocycles. The molecule has 4 nitrogen and oxygen atoms in total. The first-order valence-electron chi connectivity index (χ1n) is 3.84. The van der Waals surface area contributed by atoms with Crippen LogP contribution in [0.1, 0.15) is 0 Å². The van der Waals surface area contributed by atoms with Crippen LogP contribution in [0.3, 0.4) is 0 Å². The lowest BCUT2D eigenvalue weighted by atomic mass is 11.8. The topological polar surface area (TPSA) is 39.7 Å². The Kier molecular flexibility index (Phi) is 4.60. The maximum atomic E-state index is 5.34. The molecule has 0 bridgehead atoms. The van der Waals surface area contributed by atoms with E-state index < -0.39 is 17.2 Å². The van der Waals surface area contributed by atoms with Gasteiger partial charge < -0.3 is 13.3 Å². The third kappa shape index (κ3) is 3.79. The van der Waals surface area contributed by atoms with Gasteiger partial charge in [-0.3, -0.25) is 4.65 Å². The van der Waals surface area contributed by atoms with Crippen LogP contribution in [0.4, 0.5) is 0 Å². The van der Waals surface area contributed by atoms with Gasteiger partial charge in [-0.2, -0.15) is 0 Å². The Morgan fingerprint density at radius 1 is 0.833 bits per heavy atom. The predicted molar refractivity (Wildman–Crippen MR) is 53.3 cm³/mol. The van der Waals surface area contributed by atoms with Crippen molar-refractivity contribution in [2.24, 2.45) is 0 Å². The van der Waals surface area contributed by atoms with E-state index in [0.717, 1.165) is 0 Å². The summed E-state index contributed by atoms with van der Waals surface area (Å²) in [7, 11) is 1.06. The van der Waals surface area contributed by atoms with Gasteiger partial charge in [-0.05, 0) is 19.6 Å². The molecule has 0 aliphatic carbocycles. The lowest BCUT2D eigenvalue weighted by Gasteiger charge is -2.31. The molecule has 0 saturated heterocycles. The van der Waals surface area contributed by atoms with E-state index in [9.17, 15) is 0 Å². The molecular formula is C6H19NO3Si2. The van der Waals surface area contributed by atoms with E-state index in [0.29, 0.717) is 0 Å². The molecule has 0 heterocycles. The van der Waals surface area contributed by atoms with Crippen LogP contribution in [0.5, 0.6) is 0 Å². The maximum absolute atomic E-state index is 5.34. The Labute approximate surface area is 76.7 Å². The minimum absolute atomic E-state index is 1.66. The number of hydrogen-bond donors (Lipinski definition) is 1. The van der Waals surface area contributed by atoms with Gasteiger partial charge >= 0.3 is 8.72 Å². The summed E-state index contributed by atoms with van der Waals surface area (Å²) < 4.78 is 19.2. The summed E-state index contributed by atoms with van der Waals surface area (Å²) in [5, 5.41) is 0. The molecule has 0 saturated carbocycles. The highest BCUT2D eigenvalue weighted by Gasteiger charge is 2.37. The molecule has 0 aliphatic rings. The second-order valence-electron chi connectivity index (χ2n) is 3.19. The Balaban J connectivity index is 4.20. The van der Waals surface area contributed by atoms with Gasteiger partial charge in [0.15, 0.2) is 0 Å². The molecule has 0 aromatic heterocycles. The Morgan fingerprint density at radius 2 is 1.25 bits per heavy atom. The summed E-state index contributed by atoms with van der Waals surface area (Å²) in [5.74, 6) is 0. The highest BCUT2D eigenvalue weighted by molar-refractivity contribution is 6.83. The monoisotopic (exact) mass is 209 g/mol. The summed E-state index contributed by atoms with van der Waals surface area (Å²) in [6.45, 7) is 6.09. The summed E-state index contributed by atoms with van der Waals surface area (Å²) in [5.41, 5.74) is 0. The smallest absolute Gasteiger partial charge is 0.407 e. The van der Waals surface area contributed by atoms with Crippen molar-refractivity contribution in [1.29, 1.82) is 0 Å². The van der Waals surface area contributed by atoms with E-state index >= 15 is 0 Å². The standard InChI is InChI=1S/C6H19NO3Si2/c1-8-11(4,5)7-12(6,9-2)10-3/h7H,1-6H3. The van der Waals surface area contributed by atoms with Crippen LogP contribution in [0.2, 0.25) is 19.6 Å². The van der Waals surface area contributed by atoms with E-state index in [1.54, 1.807) is 21.3 Å². The van der Waals surface area contributed by atoms with Crippen LogP contribution >= 0.6 is 0 Å². The van der Waals surface area contributed by atoms with E-state index in [2.05, 4.69) is 17.7 Å². The van der Waals surface area contributed by atoms with Gasteiger partial charge in [0.05, 0.1) is 0 Å². The van der Waals surface area contributed by atoms with Gasteiger partial charge in [-0.15, -0.1) is 0 Å². The van der Waals surface area contributed by atoms with Crippen molar-refractivity contribution in [2.75, 3.05) is 21.3 Å². The van der Waals surface area contributed by atoms with Crippen molar-refractivity contribution in [1.82, 2.24) is 4.65 Å². The molecule has 1 N–H and O–H groups in total. The third-order valence-corrected chi connectivity index (χ3v) is 8.62. The van der Waals surface area contributed by atoms with Gasteiger partial charge in [-0.1, -0.05) is 0 Å². The number of hydrogen-bond acceptors (Lipinski definition) is 4. The largest absolute Gasteiger partial charge is 0.416 e. The van der Waals surface area contributed by atoms with Crippen LogP contribution in [-0.2, 0) is 13.3 Å². The summed E-state index contributed by atoms with van der Waals surface area (Å²) in [6, 6.07) is 0. The SMILES string of the molecule is CO[Si](C)(C)N[Si](C)(OC)OC. The fourth-order valence-electron chi connectivity index (χ4n) is 0.783. The second kappa shape index (κ2) is 4.49. The van der Waals surface area contributed by atoms with Crippen LogP contribution in [0, 0.1) is 0 Å². The van der Waals surface area contributed by atoms with E-state index in [1.165, 1.54) is 0 Å². The van der Waals surface area contributed by atoms with Gasteiger partial charge in [0.25, 0.3) is 8.48 Å².